The van der Waals surface area contributed by atoms with Gasteiger partial charge < -0.3 is 15.0 Å². The molecule has 2 aromatic rings. The molecule has 4 heteroatoms. The van der Waals surface area contributed by atoms with E-state index >= 15 is 0 Å². The molecule has 4 bridgehead atoms. The summed E-state index contributed by atoms with van der Waals surface area (Å²) in [5, 5.41) is 1.12. The molecule has 4 aliphatic rings. The normalized spacial score (nSPS) is 34.0. The zero-order valence-electron chi connectivity index (χ0n) is 14.1. The predicted molar refractivity (Wildman–Crippen MR) is 93.8 cm³/mol. The first kappa shape index (κ1) is 14.4. The van der Waals surface area contributed by atoms with Crippen molar-refractivity contribution >= 4 is 22.6 Å². The Balaban J connectivity index is 1.61. The minimum Gasteiger partial charge on any atom is -0.465 e. The molecule has 4 aliphatic carbocycles. The lowest BCUT2D eigenvalue weighted by Crippen LogP contribution is -2.45. The Kier molecular flexibility index (Phi) is 3.00. The highest BCUT2D eigenvalue weighted by molar-refractivity contribution is 6.00. The number of anilines is 1. The number of hydrogen-bond donors (Lipinski definition) is 1. The molecule has 1 heterocycles. The summed E-state index contributed by atoms with van der Waals surface area (Å²) in [4.78, 5) is 12.0. The maximum atomic E-state index is 12.0. The number of ether oxygens (including phenoxy) is 1. The van der Waals surface area contributed by atoms with E-state index in [1.807, 2.05) is 12.1 Å². The highest BCUT2D eigenvalue weighted by atomic mass is 16.5. The van der Waals surface area contributed by atoms with Crippen LogP contribution >= 0.6 is 0 Å². The zero-order valence-corrected chi connectivity index (χ0v) is 14.1. The lowest BCUT2D eigenvalue weighted by molar-refractivity contribution is -0.0274. The van der Waals surface area contributed by atoms with Gasteiger partial charge in [-0.15, -0.1) is 0 Å². The number of rotatable bonds is 2. The van der Waals surface area contributed by atoms with Gasteiger partial charge in [-0.2, -0.15) is 0 Å². The lowest BCUT2D eigenvalue weighted by Gasteiger charge is -2.54. The Bertz CT molecular complexity index is 794. The number of esters is 1. The van der Waals surface area contributed by atoms with Crippen molar-refractivity contribution in [3.63, 3.8) is 0 Å². The van der Waals surface area contributed by atoms with Crippen LogP contribution in [0.25, 0.3) is 10.9 Å². The molecule has 2 N–H and O–H groups in total. The van der Waals surface area contributed by atoms with E-state index in [1.165, 1.54) is 39.2 Å². The lowest BCUT2D eigenvalue weighted by atomic mass is 9.54. The smallest absolute Gasteiger partial charge is 0.340 e. The van der Waals surface area contributed by atoms with E-state index < -0.39 is 0 Å². The van der Waals surface area contributed by atoms with Crippen molar-refractivity contribution in [2.45, 2.75) is 38.1 Å². The van der Waals surface area contributed by atoms with Crippen molar-refractivity contribution in [1.82, 2.24) is 4.57 Å². The van der Waals surface area contributed by atoms with E-state index in [2.05, 4.69) is 16.8 Å². The first-order chi connectivity index (χ1) is 11.6. The Morgan fingerprint density at radius 2 is 1.79 bits per heavy atom. The molecule has 0 saturated heterocycles. The van der Waals surface area contributed by atoms with Gasteiger partial charge in [0.15, 0.2) is 0 Å². The SMILES string of the molecule is COC(=O)c1cc2c(ccn2C2C3CC4CC(C3)CC2C4)cc1N. The number of nitrogen functional groups attached to an aromatic ring is 1. The first-order valence-corrected chi connectivity index (χ1v) is 9.12. The maximum absolute atomic E-state index is 12.0. The fourth-order valence-electron chi connectivity index (χ4n) is 6.12. The summed E-state index contributed by atoms with van der Waals surface area (Å²) in [6, 6.07) is 6.57. The Morgan fingerprint density at radius 3 is 2.42 bits per heavy atom. The monoisotopic (exact) mass is 324 g/mol. The van der Waals surface area contributed by atoms with Gasteiger partial charge in [-0.1, -0.05) is 0 Å². The number of nitrogens with zero attached hydrogens (tertiary/aromatic N) is 1. The standard InChI is InChI=1S/C20H24N2O2/c1-24-20(23)16-10-18-13(9-17(16)21)2-3-22(18)19-14-5-11-4-12(7-14)8-15(19)6-11/h2-3,9-12,14-15,19H,4-8,21H2,1H3. The fourth-order valence-corrected chi connectivity index (χ4v) is 6.12. The number of benzene rings is 1. The molecule has 1 aromatic heterocycles. The molecule has 0 unspecified atom stereocenters. The van der Waals surface area contributed by atoms with Crippen LogP contribution in [0.15, 0.2) is 24.4 Å². The van der Waals surface area contributed by atoms with Crippen LogP contribution in [0.2, 0.25) is 0 Å². The highest BCUT2D eigenvalue weighted by Gasteiger charge is 2.48. The Morgan fingerprint density at radius 1 is 1.12 bits per heavy atom. The fraction of sp³-hybridized carbons (Fsp3) is 0.550. The Labute approximate surface area is 142 Å². The maximum Gasteiger partial charge on any atom is 0.340 e. The van der Waals surface area contributed by atoms with Gasteiger partial charge in [0.25, 0.3) is 0 Å². The second-order valence-electron chi connectivity index (χ2n) is 8.13. The molecule has 1 aromatic carbocycles. The zero-order chi connectivity index (χ0) is 16.4. The van der Waals surface area contributed by atoms with Gasteiger partial charge in [0, 0.05) is 28.8 Å². The highest BCUT2D eigenvalue weighted by Crippen LogP contribution is 2.58. The van der Waals surface area contributed by atoms with Crippen LogP contribution in [0, 0.1) is 23.7 Å². The molecular weight excluding hydrogens is 300 g/mol. The van der Waals surface area contributed by atoms with Crippen molar-refractivity contribution in [2.75, 3.05) is 12.8 Å². The molecule has 4 nitrogen and oxygen atoms in total. The van der Waals surface area contributed by atoms with Gasteiger partial charge in [0.1, 0.15) is 0 Å². The predicted octanol–water partition coefficient (Wildman–Crippen LogP) is 4.01. The molecule has 6 rings (SSSR count). The quantitative estimate of drug-likeness (QED) is 0.671. The topological polar surface area (TPSA) is 57.2 Å². The molecule has 0 radical (unpaired) electrons. The van der Waals surface area contributed by atoms with Gasteiger partial charge in [-0.3, -0.25) is 0 Å². The third-order valence-corrected chi connectivity index (χ3v) is 6.80. The van der Waals surface area contributed by atoms with Gasteiger partial charge in [0.05, 0.1) is 12.7 Å². The summed E-state index contributed by atoms with van der Waals surface area (Å²) < 4.78 is 7.33. The van der Waals surface area contributed by atoms with Crippen LogP contribution in [0.3, 0.4) is 0 Å². The minimum absolute atomic E-state index is 0.354. The third kappa shape index (κ3) is 1.95. The number of methoxy groups -OCH3 is 1. The first-order valence-electron chi connectivity index (χ1n) is 9.12. The van der Waals surface area contributed by atoms with Crippen LogP contribution in [-0.4, -0.2) is 17.6 Å². The number of aromatic nitrogens is 1. The molecule has 4 saturated carbocycles. The van der Waals surface area contributed by atoms with Crippen molar-refractivity contribution in [2.24, 2.45) is 23.7 Å². The van der Waals surface area contributed by atoms with Crippen LogP contribution in [0.4, 0.5) is 5.69 Å². The number of carbonyl (C=O) groups is 1. The summed E-state index contributed by atoms with van der Waals surface area (Å²) in [6.07, 6.45) is 9.21. The van der Waals surface area contributed by atoms with Crippen molar-refractivity contribution in [3.05, 3.63) is 30.0 Å². The molecule has 0 amide bonds. The largest absolute Gasteiger partial charge is 0.465 e. The molecular formula is C20H24N2O2. The second kappa shape index (κ2) is 5.01. The molecule has 0 spiro atoms. The van der Waals surface area contributed by atoms with Gasteiger partial charge in [0.2, 0.25) is 0 Å². The summed E-state index contributed by atoms with van der Waals surface area (Å²) in [7, 11) is 1.41. The molecule has 24 heavy (non-hydrogen) atoms. The Hall–Kier alpha value is -1.97. The van der Waals surface area contributed by atoms with E-state index in [4.69, 9.17) is 10.5 Å². The number of carbonyl (C=O) groups excluding carboxylic acids is 1. The van der Waals surface area contributed by atoms with Crippen molar-refractivity contribution < 1.29 is 9.53 Å². The van der Waals surface area contributed by atoms with E-state index in [0.29, 0.717) is 17.3 Å². The number of hydrogen-bond acceptors (Lipinski definition) is 3. The van der Waals surface area contributed by atoms with Crippen molar-refractivity contribution in [1.29, 1.82) is 0 Å². The van der Waals surface area contributed by atoms with E-state index in [1.54, 1.807) is 0 Å². The van der Waals surface area contributed by atoms with Gasteiger partial charge >= 0.3 is 5.97 Å². The van der Waals surface area contributed by atoms with E-state index in [9.17, 15) is 4.79 Å². The average molecular weight is 324 g/mol. The summed E-state index contributed by atoms with van der Waals surface area (Å²) in [5.74, 6) is 3.18. The van der Waals surface area contributed by atoms with Crippen molar-refractivity contribution in [3.8, 4) is 0 Å². The molecule has 0 atom stereocenters. The molecule has 0 aliphatic heterocycles. The molecule has 4 fully saturated rings. The van der Waals surface area contributed by atoms with Gasteiger partial charge in [-0.25, -0.2) is 4.79 Å². The van der Waals surface area contributed by atoms with E-state index in [0.717, 1.165) is 34.6 Å². The third-order valence-electron chi connectivity index (χ3n) is 6.80. The second-order valence-corrected chi connectivity index (χ2v) is 8.13. The van der Waals surface area contributed by atoms with Crippen LogP contribution in [0.1, 0.15) is 48.5 Å². The van der Waals surface area contributed by atoms with Crippen LogP contribution in [-0.2, 0) is 4.74 Å². The van der Waals surface area contributed by atoms with E-state index in [-0.39, 0.29) is 5.97 Å². The summed E-state index contributed by atoms with van der Waals surface area (Å²) in [6.45, 7) is 0. The van der Waals surface area contributed by atoms with Crippen LogP contribution in [0.5, 0.6) is 0 Å². The number of fused-ring (bicyclic) bond motifs is 1. The average Bonchev–Trinajstić information content (AvgIpc) is 2.95. The minimum atomic E-state index is -0.354. The molecule has 126 valence electrons. The number of nitrogens with two attached hydrogens (primary N) is 1. The van der Waals surface area contributed by atoms with Gasteiger partial charge in [-0.05, 0) is 74.0 Å². The summed E-state index contributed by atoms with van der Waals surface area (Å²) >= 11 is 0. The summed E-state index contributed by atoms with van der Waals surface area (Å²) in [5.41, 5.74) is 8.16. The van der Waals surface area contributed by atoms with Crippen LogP contribution < -0.4 is 5.73 Å².